The largest absolute Gasteiger partial charge is 0.494 e. The molecule has 0 amide bonds. The van der Waals surface area contributed by atoms with E-state index >= 15 is 0 Å². The van der Waals surface area contributed by atoms with Gasteiger partial charge in [-0.05, 0) is 76.6 Å². The van der Waals surface area contributed by atoms with Crippen molar-refractivity contribution >= 4 is 42.9 Å². The summed E-state index contributed by atoms with van der Waals surface area (Å²) in [4.78, 5) is 16.8. The predicted molar refractivity (Wildman–Crippen MR) is 269 cm³/mol. The first kappa shape index (κ1) is 54.3. The third-order valence-corrected chi connectivity index (χ3v) is 17.8. The smallest absolute Gasteiger partial charge is 0.167 e. The average molecular weight is 1070 g/mol. The van der Waals surface area contributed by atoms with Gasteiger partial charge in [0.1, 0.15) is 69.7 Å². The van der Waals surface area contributed by atoms with Gasteiger partial charge in [0.25, 0.3) is 0 Å². The van der Waals surface area contributed by atoms with Gasteiger partial charge in [0.2, 0.25) is 0 Å². The fourth-order valence-electron chi connectivity index (χ4n) is 8.52. The number of methoxy groups -OCH3 is 4. The summed E-state index contributed by atoms with van der Waals surface area (Å²) in [5.41, 5.74) is 1.06. The molecule has 2 aliphatic heterocycles. The van der Waals surface area contributed by atoms with Crippen molar-refractivity contribution in [2.45, 2.75) is 112 Å². The van der Waals surface area contributed by atoms with Crippen LogP contribution in [0.2, 0.25) is 10.0 Å². The second kappa shape index (κ2) is 24.0. The van der Waals surface area contributed by atoms with E-state index in [2.05, 4.69) is 40.3 Å². The molecule has 0 N–H and O–H groups in total. The van der Waals surface area contributed by atoms with Crippen LogP contribution in [0.25, 0.3) is 11.4 Å². The second-order valence-electron chi connectivity index (χ2n) is 17.5. The van der Waals surface area contributed by atoms with Crippen molar-refractivity contribution in [2.75, 3.05) is 41.7 Å². The fraction of sp³-hybridized carbons (Fsp3) is 0.500. The minimum atomic E-state index is -3.72. The van der Waals surface area contributed by atoms with Crippen LogP contribution in [0.15, 0.2) is 61.2 Å². The molecule has 8 rings (SSSR count). The Morgan fingerprint density at radius 1 is 0.556 bits per heavy atom. The number of sulfone groups is 2. The third-order valence-electron chi connectivity index (χ3n) is 13.0. The summed E-state index contributed by atoms with van der Waals surface area (Å²) < 4.78 is 92.3. The highest BCUT2D eigenvalue weighted by atomic mass is 35.5. The molecule has 2 aromatic carbocycles. The van der Waals surface area contributed by atoms with Crippen LogP contribution in [0.5, 0.6) is 23.0 Å². The zero-order chi connectivity index (χ0) is 51.7. The molecule has 6 atom stereocenters. The molecule has 0 aliphatic carbocycles. The lowest BCUT2D eigenvalue weighted by atomic mass is 10.1. The van der Waals surface area contributed by atoms with E-state index in [4.69, 9.17) is 51.6 Å². The zero-order valence-electron chi connectivity index (χ0n) is 41.4. The van der Waals surface area contributed by atoms with Gasteiger partial charge >= 0.3 is 0 Å². The Labute approximate surface area is 430 Å². The summed E-state index contributed by atoms with van der Waals surface area (Å²) in [7, 11) is -1.24. The van der Waals surface area contributed by atoms with Gasteiger partial charge in [0, 0.05) is 49.8 Å². The van der Waals surface area contributed by atoms with Crippen LogP contribution in [-0.2, 0) is 40.7 Å². The van der Waals surface area contributed by atoms with Gasteiger partial charge in [-0.3, -0.25) is 9.13 Å². The molecule has 72 heavy (non-hydrogen) atoms. The van der Waals surface area contributed by atoms with Gasteiger partial charge in [-0.15, -0.1) is 20.4 Å². The van der Waals surface area contributed by atoms with Gasteiger partial charge in [0.05, 0.1) is 49.0 Å². The summed E-state index contributed by atoms with van der Waals surface area (Å²) in [5.74, 6) is 2.70. The van der Waals surface area contributed by atoms with Gasteiger partial charge < -0.3 is 28.4 Å². The lowest BCUT2D eigenvalue weighted by Gasteiger charge is -2.24. The van der Waals surface area contributed by atoms with Crippen molar-refractivity contribution < 1.29 is 45.3 Å². The van der Waals surface area contributed by atoms with E-state index in [0.29, 0.717) is 80.9 Å². The van der Waals surface area contributed by atoms with Crippen molar-refractivity contribution in [2.24, 2.45) is 0 Å². The SMILES string of the molecule is COc1cccc(OC)c1-n1c(CS(=O)(=O)[C@@H](C)[C@H](C)c2ncc(Cl)cn2)nnc1[C@@H]1CCCCO1.COc1cccc(OC)c1-n1c(CS(=O)(=O)[C@@H](C)[C@H](C)c2ncc(Cl)cn2)nnc1[C@H]1CCCCO1. The van der Waals surface area contributed by atoms with E-state index in [1.807, 2.05) is 0 Å². The molecular formula is C48H60Cl2N10O10S2. The topological polar surface area (TPSA) is 237 Å². The average Bonchev–Trinajstić information content (AvgIpc) is 4.01. The molecule has 24 heteroatoms. The Kier molecular flexibility index (Phi) is 18.1. The zero-order valence-corrected chi connectivity index (χ0v) is 44.6. The molecule has 0 spiro atoms. The van der Waals surface area contributed by atoms with E-state index in [0.717, 1.165) is 38.5 Å². The summed E-state index contributed by atoms with van der Waals surface area (Å²) >= 11 is 11.8. The van der Waals surface area contributed by atoms with E-state index in [1.165, 1.54) is 24.8 Å². The molecule has 388 valence electrons. The van der Waals surface area contributed by atoms with Gasteiger partial charge in [-0.1, -0.05) is 49.2 Å². The molecule has 0 saturated carbocycles. The van der Waals surface area contributed by atoms with Crippen LogP contribution in [0.1, 0.15) is 125 Å². The van der Waals surface area contributed by atoms with Crippen molar-refractivity contribution in [1.29, 1.82) is 0 Å². The highest BCUT2D eigenvalue weighted by Gasteiger charge is 2.36. The third kappa shape index (κ3) is 12.1. The molecule has 6 aromatic rings. The maximum atomic E-state index is 13.6. The second-order valence-corrected chi connectivity index (χ2v) is 23.1. The Hall–Kier alpha value is -5.52. The van der Waals surface area contributed by atoms with E-state index in [9.17, 15) is 16.8 Å². The molecule has 6 heterocycles. The monoisotopic (exact) mass is 1070 g/mol. The van der Waals surface area contributed by atoms with E-state index in [1.54, 1.807) is 102 Å². The van der Waals surface area contributed by atoms with Crippen LogP contribution in [0.4, 0.5) is 0 Å². The Morgan fingerprint density at radius 2 is 0.889 bits per heavy atom. The van der Waals surface area contributed by atoms with Crippen molar-refractivity contribution in [3.8, 4) is 34.4 Å². The Balaban J connectivity index is 0.000000211. The fourth-order valence-corrected chi connectivity index (χ4v) is 11.8. The molecular weight excluding hydrogens is 1010 g/mol. The van der Waals surface area contributed by atoms with Crippen LogP contribution >= 0.6 is 23.2 Å². The molecule has 0 radical (unpaired) electrons. The predicted octanol–water partition coefficient (Wildman–Crippen LogP) is 8.15. The first-order chi connectivity index (χ1) is 34.5. The number of ether oxygens (including phenoxy) is 6. The molecule has 2 saturated heterocycles. The Bertz CT molecular complexity index is 2740. The Morgan fingerprint density at radius 3 is 1.18 bits per heavy atom. The van der Waals surface area contributed by atoms with Gasteiger partial charge in [-0.2, -0.15) is 0 Å². The number of rotatable bonds is 18. The molecule has 2 aliphatic rings. The van der Waals surface area contributed by atoms with E-state index in [-0.39, 0.29) is 35.4 Å². The first-order valence-electron chi connectivity index (χ1n) is 23.5. The van der Waals surface area contributed by atoms with Crippen LogP contribution in [0.3, 0.4) is 0 Å². The molecule has 0 unspecified atom stereocenters. The van der Waals surface area contributed by atoms with Crippen molar-refractivity contribution in [3.05, 3.63) is 106 Å². The lowest BCUT2D eigenvalue weighted by Crippen LogP contribution is -2.28. The number of aromatic nitrogens is 10. The maximum absolute atomic E-state index is 13.6. The van der Waals surface area contributed by atoms with Gasteiger partial charge in [-0.25, -0.2) is 36.8 Å². The maximum Gasteiger partial charge on any atom is 0.167 e. The summed E-state index contributed by atoms with van der Waals surface area (Å²) in [6.07, 6.45) is 10.6. The standard InChI is InChI=1S/2C24H30ClN5O5S/c2*1-15(23-26-12-17(25)13-27-23)16(2)36(31,32)14-21-28-29-24(20-8-5-6-11-35-20)30(21)22-18(33-3)9-7-10-19(22)34-4/h2*7,9-10,12-13,15-16,20H,5-6,8,11,14H2,1-4H3/t15-,16-,20+;15-,16-,20-/m00/s1. The van der Waals surface area contributed by atoms with Gasteiger partial charge in [0.15, 0.2) is 43.0 Å². The number of para-hydroxylation sites is 2. The molecule has 2 fully saturated rings. The lowest BCUT2D eigenvalue weighted by molar-refractivity contribution is 0.00820. The van der Waals surface area contributed by atoms with Crippen LogP contribution in [0, 0.1) is 0 Å². The minimum absolute atomic E-state index is 0.248. The van der Waals surface area contributed by atoms with Crippen LogP contribution < -0.4 is 18.9 Å². The molecule has 0 bridgehead atoms. The van der Waals surface area contributed by atoms with Crippen molar-refractivity contribution in [3.63, 3.8) is 0 Å². The summed E-state index contributed by atoms with van der Waals surface area (Å²) in [6.45, 7) is 8.05. The quantitative estimate of drug-likeness (QED) is 0.0789. The number of hydrogen-bond acceptors (Lipinski definition) is 18. The first-order valence-corrected chi connectivity index (χ1v) is 27.6. The normalized spacial score (nSPS) is 18.0. The molecule has 20 nitrogen and oxygen atoms in total. The molecule has 4 aromatic heterocycles. The van der Waals surface area contributed by atoms with Crippen LogP contribution in [-0.4, -0.2) is 118 Å². The summed E-state index contributed by atoms with van der Waals surface area (Å²) in [5, 5.41) is 16.6. The number of nitrogens with zero attached hydrogens (tertiary/aromatic N) is 10. The summed E-state index contributed by atoms with van der Waals surface area (Å²) in [6, 6.07) is 10.7. The number of hydrogen-bond donors (Lipinski definition) is 0. The highest BCUT2D eigenvalue weighted by molar-refractivity contribution is 7.91. The van der Waals surface area contributed by atoms with E-state index < -0.39 is 42.0 Å². The highest BCUT2D eigenvalue weighted by Crippen LogP contribution is 2.40. The minimum Gasteiger partial charge on any atom is -0.494 e. The van der Waals surface area contributed by atoms with Crippen molar-refractivity contribution in [1.82, 2.24) is 49.5 Å². The number of benzene rings is 2. The number of halogens is 2.